The number of benzene rings is 1. The summed E-state index contributed by atoms with van der Waals surface area (Å²) in [6.45, 7) is 6.47. The van der Waals surface area contributed by atoms with Gasteiger partial charge in [0.2, 0.25) is 5.91 Å². The van der Waals surface area contributed by atoms with Gasteiger partial charge in [-0.05, 0) is 84.6 Å². The van der Waals surface area contributed by atoms with Crippen LogP contribution in [-0.2, 0) is 92.5 Å². The number of amides is 3. The number of unbranched alkanes of at least 4 members (excludes halogenated alkanes) is 1. The summed E-state index contributed by atoms with van der Waals surface area (Å²) in [5, 5.41) is 68.4. The van der Waals surface area contributed by atoms with E-state index in [1.165, 1.54) is 0 Å². The molecule has 3 N–H and O–H groups in total. The maximum atomic E-state index is 12.3. The van der Waals surface area contributed by atoms with Crippen LogP contribution in [0.4, 0.5) is 4.79 Å². The maximum absolute atomic E-state index is 12.3. The summed E-state index contributed by atoms with van der Waals surface area (Å²) in [5.74, 6) is 1.76. The average Bonchev–Trinajstić information content (AvgIpc) is 3.99. The Hall–Kier alpha value is -7.40. The van der Waals surface area contributed by atoms with E-state index in [-0.39, 0.29) is 63.0 Å². The number of urea groups is 1. The second-order valence-electron chi connectivity index (χ2n) is 16.7. The molecule has 7 rings (SSSR count). The van der Waals surface area contributed by atoms with E-state index in [1.807, 2.05) is 85.1 Å². The number of nitrogens with zero attached hydrogens (tertiary/aromatic N) is 10. The average molecular weight is 1250 g/mol. The predicted molar refractivity (Wildman–Crippen MR) is 285 cm³/mol. The normalized spacial score (nSPS) is 14.2. The summed E-state index contributed by atoms with van der Waals surface area (Å²) in [6, 6.07) is 30.9. The predicted octanol–water partition coefficient (Wildman–Crippen LogP) is 4.96. The van der Waals surface area contributed by atoms with Crippen LogP contribution in [0.1, 0.15) is 59.6 Å². The number of carbonyl (C=O) groups is 2. The zero-order valence-corrected chi connectivity index (χ0v) is 50.7. The molecule has 4 aromatic heterocycles. The van der Waals surface area contributed by atoms with E-state index in [2.05, 4.69) is 88.2 Å². The van der Waals surface area contributed by atoms with Crippen LogP contribution < -0.4 is 20.7 Å². The zero-order chi connectivity index (χ0) is 57.6. The largest absolute Gasteiger partial charge is 2.00 e. The molecule has 2 aliphatic heterocycles. The van der Waals surface area contributed by atoms with E-state index < -0.39 is 20.3 Å². The van der Waals surface area contributed by atoms with E-state index in [0.717, 1.165) is 64.7 Å². The Bertz CT molecular complexity index is 2320. The summed E-state index contributed by atoms with van der Waals surface area (Å²) in [7, 11) is 0. The molecular formula is C48H59N13O17SZn2. The Kier molecular flexibility index (Phi) is 37.6. The van der Waals surface area contributed by atoms with Gasteiger partial charge in [0.25, 0.3) is 0 Å². The van der Waals surface area contributed by atoms with Gasteiger partial charge in [-0.25, -0.2) is 4.79 Å². The third kappa shape index (κ3) is 35.1. The van der Waals surface area contributed by atoms with Gasteiger partial charge in [-0.1, -0.05) is 36.8 Å². The first-order valence-electron chi connectivity index (χ1n) is 24.1. The molecular weight excluding hydrogens is 1190 g/mol. The first-order valence-corrected chi connectivity index (χ1v) is 25.2. The first-order chi connectivity index (χ1) is 37.9. The van der Waals surface area contributed by atoms with Gasteiger partial charge in [0, 0.05) is 88.0 Å². The van der Waals surface area contributed by atoms with Crippen molar-refractivity contribution in [2.75, 3.05) is 45.3 Å². The van der Waals surface area contributed by atoms with Crippen molar-refractivity contribution in [3.05, 3.63) is 211 Å². The molecule has 0 radical (unpaired) electrons. The van der Waals surface area contributed by atoms with Crippen LogP contribution in [0.25, 0.3) is 0 Å². The molecule has 2 aliphatic rings. The SMILES string of the molecule is O=C(CCCC[C@@H]1SCC2NC(=O)NC21)NCCOCCOCCOc1cc(CN(Cc2ccccn2)Cc2ccccn2)cc(CN(Cc2ccccn2)Cc2ccccn2)c1.O=[N+]([O-])[O-].O=[N+]([O-])[O-].O=[N+]([O-])[O-].O=[N+]([O-])[O-].[Zn+2].[Zn+2]. The summed E-state index contributed by atoms with van der Waals surface area (Å²) in [5.41, 5.74) is 6.19. The number of pyridine rings is 4. The van der Waals surface area contributed by atoms with Crippen molar-refractivity contribution in [3.63, 3.8) is 0 Å². The molecule has 81 heavy (non-hydrogen) atoms. The Morgan fingerprint density at radius 3 is 1.40 bits per heavy atom. The number of nitrogens with one attached hydrogen (secondary N) is 3. The molecule has 0 bridgehead atoms. The van der Waals surface area contributed by atoms with Crippen LogP contribution in [0.15, 0.2) is 116 Å². The number of rotatable bonds is 27. The molecule has 2 unspecified atom stereocenters. The van der Waals surface area contributed by atoms with Crippen molar-refractivity contribution in [1.82, 2.24) is 45.7 Å². The Balaban J connectivity index is 0.00000162. The molecule has 6 heterocycles. The minimum atomic E-state index is -1.75. The number of ether oxygens (including phenoxy) is 3. The molecule has 1 aromatic carbocycles. The first kappa shape index (κ1) is 71.6. The molecule has 2 fully saturated rings. The molecule has 3 atom stereocenters. The van der Waals surface area contributed by atoms with Gasteiger partial charge < -0.3 is 91.4 Å². The third-order valence-corrected chi connectivity index (χ3v) is 12.3. The molecule has 2 saturated heterocycles. The van der Waals surface area contributed by atoms with Crippen molar-refractivity contribution in [3.8, 4) is 5.75 Å². The van der Waals surface area contributed by atoms with Gasteiger partial charge in [0.05, 0.1) is 81.6 Å². The number of carbonyl (C=O) groups excluding carboxylic acids is 2. The van der Waals surface area contributed by atoms with Crippen LogP contribution in [0, 0.1) is 61.3 Å². The maximum Gasteiger partial charge on any atom is 2.00 e. The Morgan fingerprint density at radius 2 is 0.988 bits per heavy atom. The van der Waals surface area contributed by atoms with Crippen LogP contribution in [-0.4, -0.2) is 125 Å². The van der Waals surface area contributed by atoms with Gasteiger partial charge in [-0.15, -0.1) is 0 Å². The van der Waals surface area contributed by atoms with Gasteiger partial charge in [-0.2, -0.15) is 11.8 Å². The molecule has 428 valence electrons. The van der Waals surface area contributed by atoms with Gasteiger partial charge in [-0.3, -0.25) is 34.5 Å². The van der Waals surface area contributed by atoms with E-state index in [0.29, 0.717) is 90.5 Å². The number of hydrogen-bond donors (Lipinski definition) is 3. The molecule has 5 aromatic rings. The fraction of sp³-hybridized carbons (Fsp3) is 0.417. The molecule has 30 nitrogen and oxygen atoms in total. The third-order valence-electron chi connectivity index (χ3n) is 10.8. The van der Waals surface area contributed by atoms with Crippen LogP contribution >= 0.6 is 11.8 Å². The minimum Gasteiger partial charge on any atom is -0.491 e. The van der Waals surface area contributed by atoms with Gasteiger partial charge >= 0.3 is 45.0 Å². The van der Waals surface area contributed by atoms with E-state index in [4.69, 9.17) is 75.5 Å². The van der Waals surface area contributed by atoms with Gasteiger partial charge in [0.1, 0.15) is 12.4 Å². The van der Waals surface area contributed by atoms with Crippen molar-refractivity contribution >= 4 is 23.7 Å². The smallest absolute Gasteiger partial charge is 0.491 e. The quantitative estimate of drug-likeness (QED) is 0.0205. The van der Waals surface area contributed by atoms with Crippen LogP contribution in [0.2, 0.25) is 0 Å². The van der Waals surface area contributed by atoms with Crippen LogP contribution in [0.5, 0.6) is 5.75 Å². The number of hydrogen-bond acceptors (Lipinski definition) is 24. The van der Waals surface area contributed by atoms with Crippen molar-refractivity contribution in [2.45, 2.75) is 82.3 Å². The van der Waals surface area contributed by atoms with Gasteiger partial charge in [0.15, 0.2) is 0 Å². The van der Waals surface area contributed by atoms with Crippen LogP contribution in [0.3, 0.4) is 0 Å². The van der Waals surface area contributed by atoms with E-state index in [9.17, 15) is 9.59 Å². The second kappa shape index (κ2) is 42.5. The molecule has 0 saturated carbocycles. The van der Waals surface area contributed by atoms with Crippen molar-refractivity contribution in [1.29, 1.82) is 0 Å². The zero-order valence-electron chi connectivity index (χ0n) is 44.0. The minimum absolute atomic E-state index is 0. The molecule has 3 amide bonds. The van der Waals surface area contributed by atoms with Crippen molar-refractivity contribution in [2.24, 2.45) is 0 Å². The van der Waals surface area contributed by atoms with E-state index in [1.54, 1.807) is 0 Å². The molecule has 33 heteroatoms. The Morgan fingerprint density at radius 1 is 0.580 bits per heavy atom. The standard InChI is InChI=1S/C48H59N9O5S.4NO3.2Zn/c58-46(16-2-1-15-45-47-44(36-63-45)54-48(59)55-47)53-21-22-60-23-24-61-25-26-62-43-28-37(30-56(32-39-11-3-7-17-49-39)33-40-12-4-8-18-50-40)27-38(29-43)31-57(34-41-13-5-9-19-51-41)35-42-14-6-10-20-52-42;4*2-1(3)4;;/h3-14,17-20,27-29,44-45,47H,1-2,15-16,21-26,30-36H2,(H,53,58)(H2,54,55,59);;;;;;/q;4*-1;2*+2/t44?,45-,47?;;;;;;/m0....../s1. The molecule has 0 spiro atoms. The number of thioether (sulfide) groups is 1. The summed E-state index contributed by atoms with van der Waals surface area (Å²) in [4.78, 5) is 80.1. The molecule has 0 aliphatic carbocycles. The second-order valence-corrected chi connectivity index (χ2v) is 18.0. The topological polar surface area (TPSA) is 421 Å². The number of aromatic nitrogens is 4. The fourth-order valence-electron chi connectivity index (χ4n) is 7.89. The summed E-state index contributed by atoms with van der Waals surface area (Å²) in [6.07, 6.45) is 10.6. The fourth-order valence-corrected chi connectivity index (χ4v) is 9.44. The Labute approximate surface area is 494 Å². The monoisotopic (exact) mass is 1250 g/mol. The summed E-state index contributed by atoms with van der Waals surface area (Å²) >= 11 is 1.90. The summed E-state index contributed by atoms with van der Waals surface area (Å²) < 4.78 is 17.9. The van der Waals surface area contributed by atoms with E-state index >= 15 is 0 Å². The van der Waals surface area contributed by atoms with Crippen molar-refractivity contribution < 1.29 is 83.1 Å². The number of fused-ring (bicyclic) bond motifs is 1.